The second-order valence-electron chi connectivity index (χ2n) is 5.60. The van der Waals surface area contributed by atoms with E-state index in [1.165, 1.54) is 0 Å². The molecule has 0 saturated heterocycles. The van der Waals surface area contributed by atoms with E-state index in [1.54, 1.807) is 0 Å². The Kier molecular flexibility index (Phi) is 3.15. The molecule has 3 rings (SSSR count). The summed E-state index contributed by atoms with van der Waals surface area (Å²) in [5.41, 5.74) is 1.14. The summed E-state index contributed by atoms with van der Waals surface area (Å²) in [7, 11) is 0. The van der Waals surface area contributed by atoms with E-state index in [0.29, 0.717) is 12.2 Å². The molecule has 3 nitrogen and oxygen atoms in total. The fraction of sp³-hybridized carbons (Fsp3) is 0.438. The number of carbonyl (C=O) groups excluding carboxylic acids is 1. The molecule has 2 bridgehead atoms. The molecule has 2 aliphatic rings. The maximum atomic E-state index is 11.9. The Balaban J connectivity index is 1.58. The van der Waals surface area contributed by atoms with Gasteiger partial charge in [-0.15, -0.1) is 0 Å². The SMILES string of the molecule is Cc1ccc(OC(=O)CC2CC3C=CC2C3O)cc1. The van der Waals surface area contributed by atoms with Crippen molar-refractivity contribution in [3.63, 3.8) is 0 Å². The van der Waals surface area contributed by atoms with Gasteiger partial charge in [0.25, 0.3) is 0 Å². The molecule has 100 valence electrons. The maximum absolute atomic E-state index is 11.9. The fourth-order valence-electron chi connectivity index (χ4n) is 3.16. The lowest BCUT2D eigenvalue weighted by molar-refractivity contribution is -0.135. The zero-order chi connectivity index (χ0) is 13.4. The monoisotopic (exact) mass is 258 g/mol. The molecule has 2 aliphatic carbocycles. The maximum Gasteiger partial charge on any atom is 0.311 e. The Labute approximate surface area is 112 Å². The van der Waals surface area contributed by atoms with Crippen LogP contribution in [0.15, 0.2) is 36.4 Å². The van der Waals surface area contributed by atoms with Crippen molar-refractivity contribution in [3.8, 4) is 5.75 Å². The van der Waals surface area contributed by atoms with E-state index in [9.17, 15) is 9.90 Å². The molecule has 0 spiro atoms. The van der Waals surface area contributed by atoms with E-state index in [2.05, 4.69) is 6.08 Å². The molecule has 0 radical (unpaired) electrons. The number of fused-ring (bicyclic) bond motifs is 2. The van der Waals surface area contributed by atoms with E-state index in [1.807, 2.05) is 37.3 Å². The normalized spacial score (nSPS) is 31.7. The number of ether oxygens (including phenoxy) is 1. The Bertz CT molecular complexity index is 503. The first-order valence-corrected chi connectivity index (χ1v) is 6.77. The summed E-state index contributed by atoms with van der Waals surface area (Å²) in [5, 5.41) is 9.92. The molecule has 0 amide bonds. The molecule has 0 aromatic heterocycles. The van der Waals surface area contributed by atoms with Gasteiger partial charge in [0.05, 0.1) is 6.10 Å². The van der Waals surface area contributed by atoms with Crippen molar-refractivity contribution in [2.75, 3.05) is 0 Å². The number of benzene rings is 1. The van der Waals surface area contributed by atoms with E-state index in [-0.39, 0.29) is 29.8 Å². The molecule has 4 unspecified atom stereocenters. The third kappa shape index (κ3) is 2.43. The molecular formula is C16H18O3. The third-order valence-corrected chi connectivity index (χ3v) is 4.21. The highest BCUT2D eigenvalue weighted by Gasteiger charge is 2.44. The molecule has 1 fully saturated rings. The molecule has 1 N–H and O–H groups in total. The second kappa shape index (κ2) is 4.82. The lowest BCUT2D eigenvalue weighted by atomic mass is 9.90. The average Bonchev–Trinajstić information content (AvgIpc) is 2.87. The number of aryl methyl sites for hydroxylation is 1. The van der Waals surface area contributed by atoms with Crippen LogP contribution >= 0.6 is 0 Å². The van der Waals surface area contributed by atoms with Crippen LogP contribution in [0, 0.1) is 24.7 Å². The fourth-order valence-corrected chi connectivity index (χ4v) is 3.16. The van der Waals surface area contributed by atoms with Crippen LogP contribution in [0.2, 0.25) is 0 Å². The number of hydrogen-bond donors (Lipinski definition) is 1. The lowest BCUT2D eigenvalue weighted by Gasteiger charge is -2.17. The second-order valence-corrected chi connectivity index (χ2v) is 5.60. The summed E-state index contributed by atoms with van der Waals surface area (Å²) >= 11 is 0. The first-order valence-electron chi connectivity index (χ1n) is 6.77. The van der Waals surface area contributed by atoms with E-state index < -0.39 is 0 Å². The molecule has 1 aromatic carbocycles. The van der Waals surface area contributed by atoms with Crippen LogP contribution in [0.3, 0.4) is 0 Å². The molecule has 1 saturated carbocycles. The Morgan fingerprint density at radius 1 is 1.32 bits per heavy atom. The van der Waals surface area contributed by atoms with Crippen LogP contribution < -0.4 is 4.74 Å². The molecular weight excluding hydrogens is 240 g/mol. The molecule has 3 heteroatoms. The van der Waals surface area contributed by atoms with Crippen molar-refractivity contribution < 1.29 is 14.6 Å². The summed E-state index contributed by atoms with van der Waals surface area (Å²) in [6, 6.07) is 7.46. The summed E-state index contributed by atoms with van der Waals surface area (Å²) in [6.45, 7) is 1.99. The minimum absolute atomic E-state index is 0.135. The van der Waals surface area contributed by atoms with E-state index in [4.69, 9.17) is 4.74 Å². The number of rotatable bonds is 3. The zero-order valence-corrected chi connectivity index (χ0v) is 11.0. The van der Waals surface area contributed by atoms with Gasteiger partial charge in [-0.3, -0.25) is 4.79 Å². The van der Waals surface area contributed by atoms with Crippen molar-refractivity contribution in [2.24, 2.45) is 17.8 Å². The summed E-state index contributed by atoms with van der Waals surface area (Å²) in [6.07, 6.45) is 5.10. The van der Waals surface area contributed by atoms with Gasteiger partial charge in [0, 0.05) is 18.3 Å². The van der Waals surface area contributed by atoms with Crippen molar-refractivity contribution in [3.05, 3.63) is 42.0 Å². The van der Waals surface area contributed by atoms with Crippen LogP contribution in [0.4, 0.5) is 0 Å². The summed E-state index contributed by atoms with van der Waals surface area (Å²) < 4.78 is 5.33. The van der Waals surface area contributed by atoms with Crippen LogP contribution in [0.5, 0.6) is 5.75 Å². The Hall–Kier alpha value is -1.61. The van der Waals surface area contributed by atoms with Gasteiger partial charge in [0.1, 0.15) is 5.75 Å². The number of aliphatic hydroxyl groups is 1. The molecule has 1 aromatic rings. The van der Waals surface area contributed by atoms with Gasteiger partial charge in [-0.25, -0.2) is 0 Å². The molecule has 4 atom stereocenters. The lowest BCUT2D eigenvalue weighted by Crippen LogP contribution is -2.20. The number of hydrogen-bond acceptors (Lipinski definition) is 3. The number of carbonyl (C=O) groups is 1. The third-order valence-electron chi connectivity index (χ3n) is 4.21. The van der Waals surface area contributed by atoms with Gasteiger partial charge in [-0.2, -0.15) is 0 Å². The minimum atomic E-state index is -0.294. The largest absolute Gasteiger partial charge is 0.427 e. The molecule has 0 heterocycles. The van der Waals surface area contributed by atoms with Crippen LogP contribution in [-0.2, 0) is 4.79 Å². The smallest absolute Gasteiger partial charge is 0.311 e. The van der Waals surface area contributed by atoms with Gasteiger partial charge >= 0.3 is 5.97 Å². The minimum Gasteiger partial charge on any atom is -0.427 e. The van der Waals surface area contributed by atoms with Gasteiger partial charge < -0.3 is 9.84 Å². The number of esters is 1. The van der Waals surface area contributed by atoms with Crippen LogP contribution in [0.1, 0.15) is 18.4 Å². The highest BCUT2D eigenvalue weighted by Crippen LogP contribution is 2.45. The van der Waals surface area contributed by atoms with Gasteiger partial charge in [0.2, 0.25) is 0 Å². The molecule has 19 heavy (non-hydrogen) atoms. The quantitative estimate of drug-likeness (QED) is 0.514. The summed E-state index contributed by atoms with van der Waals surface area (Å²) in [4.78, 5) is 11.9. The van der Waals surface area contributed by atoms with Crippen molar-refractivity contribution >= 4 is 5.97 Å². The van der Waals surface area contributed by atoms with Crippen LogP contribution in [-0.4, -0.2) is 17.2 Å². The Morgan fingerprint density at radius 3 is 2.63 bits per heavy atom. The summed E-state index contributed by atoms with van der Waals surface area (Å²) in [5.74, 6) is 0.984. The van der Waals surface area contributed by atoms with E-state index >= 15 is 0 Å². The van der Waals surface area contributed by atoms with E-state index in [0.717, 1.165) is 12.0 Å². The van der Waals surface area contributed by atoms with Gasteiger partial charge in [-0.1, -0.05) is 29.8 Å². The average molecular weight is 258 g/mol. The number of aliphatic hydroxyl groups excluding tert-OH is 1. The first kappa shape index (κ1) is 12.4. The van der Waals surface area contributed by atoms with Crippen molar-refractivity contribution in [2.45, 2.75) is 25.9 Å². The van der Waals surface area contributed by atoms with Crippen LogP contribution in [0.25, 0.3) is 0 Å². The predicted octanol–water partition coefficient (Wildman–Crippen LogP) is 2.47. The van der Waals surface area contributed by atoms with Gasteiger partial charge in [0.15, 0.2) is 0 Å². The zero-order valence-electron chi connectivity index (χ0n) is 11.0. The van der Waals surface area contributed by atoms with Crippen molar-refractivity contribution in [1.82, 2.24) is 0 Å². The Morgan fingerprint density at radius 2 is 2.05 bits per heavy atom. The molecule has 0 aliphatic heterocycles. The topological polar surface area (TPSA) is 46.5 Å². The highest BCUT2D eigenvalue weighted by molar-refractivity contribution is 5.72. The first-order chi connectivity index (χ1) is 9.13. The predicted molar refractivity (Wildman–Crippen MR) is 71.7 cm³/mol. The standard InChI is InChI=1S/C16H18O3/c1-10-2-5-13(6-3-10)19-15(17)9-12-8-11-4-7-14(12)16(11)18/h2-7,11-12,14,16,18H,8-9H2,1H3. The van der Waals surface area contributed by atoms with Crippen molar-refractivity contribution in [1.29, 1.82) is 0 Å². The highest BCUT2D eigenvalue weighted by atomic mass is 16.5. The van der Waals surface area contributed by atoms with Gasteiger partial charge in [-0.05, 0) is 31.4 Å².